The van der Waals surface area contributed by atoms with Crippen molar-refractivity contribution in [2.24, 2.45) is 0 Å². The molecule has 3 nitrogen and oxygen atoms in total. The van der Waals surface area contributed by atoms with Crippen molar-refractivity contribution in [3.8, 4) is 0 Å². The standard InChI is InChI=1S/C16H21NO2/c1-19-9-5-8-17-15-10-14(11-16(18)12-15)13-6-3-2-4-7-13/h2-4,6-7,12,14,17H,5,8-11H2,1H3/t14-/m0/s1. The molecule has 0 aromatic heterocycles. The van der Waals surface area contributed by atoms with Gasteiger partial charge in [-0.1, -0.05) is 30.3 Å². The third-order valence-electron chi connectivity index (χ3n) is 3.40. The summed E-state index contributed by atoms with van der Waals surface area (Å²) in [6.07, 6.45) is 4.25. The summed E-state index contributed by atoms with van der Waals surface area (Å²) in [6.45, 7) is 1.60. The van der Waals surface area contributed by atoms with Crippen LogP contribution in [0.4, 0.5) is 0 Å². The van der Waals surface area contributed by atoms with E-state index in [0.29, 0.717) is 12.3 Å². The number of ether oxygens (including phenoxy) is 1. The van der Waals surface area contributed by atoms with E-state index in [4.69, 9.17) is 4.74 Å². The molecule has 0 radical (unpaired) electrons. The van der Waals surface area contributed by atoms with Gasteiger partial charge in [-0.15, -0.1) is 0 Å². The second-order valence-corrected chi connectivity index (χ2v) is 4.92. The van der Waals surface area contributed by atoms with E-state index in [2.05, 4.69) is 17.4 Å². The molecule has 2 rings (SSSR count). The van der Waals surface area contributed by atoms with E-state index in [1.165, 1.54) is 5.56 Å². The highest BCUT2D eigenvalue weighted by Crippen LogP contribution is 2.30. The number of hydrogen-bond donors (Lipinski definition) is 1. The van der Waals surface area contributed by atoms with E-state index in [1.54, 1.807) is 13.2 Å². The van der Waals surface area contributed by atoms with E-state index >= 15 is 0 Å². The summed E-state index contributed by atoms with van der Waals surface area (Å²) >= 11 is 0. The molecule has 1 aliphatic carbocycles. The minimum absolute atomic E-state index is 0.217. The Bertz CT molecular complexity index is 439. The van der Waals surface area contributed by atoms with Gasteiger partial charge in [0.2, 0.25) is 0 Å². The average Bonchev–Trinajstić information content (AvgIpc) is 2.44. The van der Waals surface area contributed by atoms with Gasteiger partial charge in [-0.05, 0) is 24.3 Å². The molecular weight excluding hydrogens is 238 g/mol. The molecule has 0 aliphatic heterocycles. The molecule has 0 spiro atoms. The lowest BCUT2D eigenvalue weighted by Crippen LogP contribution is -2.23. The third-order valence-corrected chi connectivity index (χ3v) is 3.40. The maximum atomic E-state index is 11.8. The Kier molecular flexibility index (Phi) is 5.16. The van der Waals surface area contributed by atoms with Crippen LogP contribution in [0, 0.1) is 0 Å². The van der Waals surface area contributed by atoms with Gasteiger partial charge in [-0.25, -0.2) is 0 Å². The van der Waals surface area contributed by atoms with Crippen LogP contribution in [0.15, 0.2) is 42.1 Å². The van der Waals surface area contributed by atoms with Crippen LogP contribution in [0.1, 0.15) is 30.7 Å². The van der Waals surface area contributed by atoms with Gasteiger partial charge in [-0.2, -0.15) is 0 Å². The Balaban J connectivity index is 1.93. The largest absolute Gasteiger partial charge is 0.388 e. The van der Waals surface area contributed by atoms with Crippen molar-refractivity contribution in [1.82, 2.24) is 5.32 Å². The first-order valence-electron chi connectivity index (χ1n) is 6.80. The highest BCUT2D eigenvalue weighted by atomic mass is 16.5. The number of methoxy groups -OCH3 is 1. The highest BCUT2D eigenvalue weighted by molar-refractivity contribution is 5.91. The van der Waals surface area contributed by atoms with E-state index in [1.807, 2.05) is 18.2 Å². The van der Waals surface area contributed by atoms with Gasteiger partial charge < -0.3 is 10.1 Å². The van der Waals surface area contributed by atoms with Crippen LogP contribution in [0.2, 0.25) is 0 Å². The summed E-state index contributed by atoms with van der Waals surface area (Å²) < 4.78 is 5.02. The van der Waals surface area contributed by atoms with Crippen LogP contribution in [-0.2, 0) is 9.53 Å². The van der Waals surface area contributed by atoms with E-state index in [9.17, 15) is 4.79 Å². The summed E-state index contributed by atoms with van der Waals surface area (Å²) in [4.78, 5) is 11.8. The molecule has 0 heterocycles. The number of carbonyl (C=O) groups is 1. The molecule has 19 heavy (non-hydrogen) atoms. The molecule has 1 aromatic carbocycles. The monoisotopic (exact) mass is 259 g/mol. The van der Waals surface area contributed by atoms with Gasteiger partial charge in [0.25, 0.3) is 0 Å². The Morgan fingerprint density at radius 3 is 2.79 bits per heavy atom. The molecule has 0 fully saturated rings. The zero-order valence-corrected chi connectivity index (χ0v) is 11.4. The van der Waals surface area contributed by atoms with Crippen molar-refractivity contribution in [3.63, 3.8) is 0 Å². The van der Waals surface area contributed by atoms with Crippen molar-refractivity contribution < 1.29 is 9.53 Å². The normalized spacial score (nSPS) is 19.1. The summed E-state index contributed by atoms with van der Waals surface area (Å²) in [5.74, 6) is 0.526. The molecular formula is C16H21NO2. The number of benzene rings is 1. The fraction of sp³-hybridized carbons (Fsp3) is 0.438. The number of allylic oxidation sites excluding steroid dienone is 2. The van der Waals surface area contributed by atoms with Crippen LogP contribution >= 0.6 is 0 Å². The van der Waals surface area contributed by atoms with Crippen LogP contribution in [-0.4, -0.2) is 26.0 Å². The van der Waals surface area contributed by atoms with E-state index in [0.717, 1.165) is 31.7 Å². The number of ketones is 1. The first-order valence-corrected chi connectivity index (χ1v) is 6.80. The van der Waals surface area contributed by atoms with Gasteiger partial charge in [0, 0.05) is 38.5 Å². The molecule has 1 aromatic rings. The molecule has 0 saturated carbocycles. The first kappa shape index (κ1) is 13.8. The predicted octanol–water partition coefficient (Wildman–Crippen LogP) is 2.64. The summed E-state index contributed by atoms with van der Waals surface area (Å²) in [6, 6.07) is 10.3. The van der Waals surface area contributed by atoms with Gasteiger partial charge in [0.1, 0.15) is 0 Å². The van der Waals surface area contributed by atoms with Crippen molar-refractivity contribution in [2.75, 3.05) is 20.3 Å². The van der Waals surface area contributed by atoms with Gasteiger partial charge in [0.05, 0.1) is 0 Å². The van der Waals surface area contributed by atoms with E-state index < -0.39 is 0 Å². The average molecular weight is 259 g/mol. The Morgan fingerprint density at radius 1 is 1.26 bits per heavy atom. The Hall–Kier alpha value is -1.61. The van der Waals surface area contributed by atoms with Gasteiger partial charge >= 0.3 is 0 Å². The van der Waals surface area contributed by atoms with Gasteiger partial charge in [-0.3, -0.25) is 4.79 Å². The molecule has 102 valence electrons. The lowest BCUT2D eigenvalue weighted by atomic mass is 9.85. The molecule has 1 atom stereocenters. The van der Waals surface area contributed by atoms with E-state index in [-0.39, 0.29) is 5.78 Å². The number of hydrogen-bond acceptors (Lipinski definition) is 3. The smallest absolute Gasteiger partial charge is 0.158 e. The molecule has 1 N–H and O–H groups in total. The van der Waals surface area contributed by atoms with Crippen molar-refractivity contribution in [2.45, 2.75) is 25.2 Å². The fourth-order valence-electron chi connectivity index (χ4n) is 2.44. The second kappa shape index (κ2) is 7.10. The van der Waals surface area contributed by atoms with Gasteiger partial charge in [0.15, 0.2) is 5.78 Å². The highest BCUT2D eigenvalue weighted by Gasteiger charge is 2.21. The minimum Gasteiger partial charge on any atom is -0.388 e. The zero-order chi connectivity index (χ0) is 13.5. The summed E-state index contributed by atoms with van der Waals surface area (Å²) in [7, 11) is 1.70. The van der Waals surface area contributed by atoms with Crippen molar-refractivity contribution >= 4 is 5.78 Å². The quantitative estimate of drug-likeness (QED) is 0.798. The molecule has 0 amide bonds. The summed E-state index contributed by atoms with van der Waals surface area (Å²) in [5, 5.41) is 3.35. The number of rotatable bonds is 6. The van der Waals surface area contributed by atoms with Crippen LogP contribution in [0.5, 0.6) is 0 Å². The lowest BCUT2D eigenvalue weighted by Gasteiger charge is -2.23. The molecule has 0 bridgehead atoms. The molecule has 0 saturated heterocycles. The maximum Gasteiger partial charge on any atom is 0.158 e. The first-order chi connectivity index (χ1) is 9.29. The third kappa shape index (κ3) is 4.21. The summed E-state index contributed by atoms with van der Waals surface area (Å²) in [5.41, 5.74) is 2.31. The minimum atomic E-state index is 0.217. The topological polar surface area (TPSA) is 38.3 Å². The SMILES string of the molecule is COCCCNC1=CC(=O)C[C@@H](c2ccccc2)C1. The van der Waals surface area contributed by atoms with Crippen LogP contribution < -0.4 is 5.32 Å². The maximum absolute atomic E-state index is 11.8. The lowest BCUT2D eigenvalue weighted by molar-refractivity contribution is -0.115. The van der Waals surface area contributed by atoms with Crippen LogP contribution in [0.25, 0.3) is 0 Å². The Labute approximate surface area is 114 Å². The number of nitrogens with one attached hydrogen (secondary N) is 1. The molecule has 1 aliphatic rings. The van der Waals surface area contributed by atoms with Crippen LogP contribution in [0.3, 0.4) is 0 Å². The van der Waals surface area contributed by atoms with Crippen molar-refractivity contribution in [1.29, 1.82) is 0 Å². The van der Waals surface area contributed by atoms with Crippen molar-refractivity contribution in [3.05, 3.63) is 47.7 Å². The predicted molar refractivity (Wildman–Crippen MR) is 76.0 cm³/mol. The number of carbonyl (C=O) groups excluding carboxylic acids is 1. The Morgan fingerprint density at radius 2 is 2.05 bits per heavy atom. The zero-order valence-electron chi connectivity index (χ0n) is 11.4. The fourth-order valence-corrected chi connectivity index (χ4v) is 2.44. The second-order valence-electron chi connectivity index (χ2n) is 4.92. The molecule has 3 heteroatoms. The molecule has 0 unspecified atom stereocenters.